The van der Waals surface area contributed by atoms with Gasteiger partial charge in [-0.1, -0.05) is 30.3 Å². The Labute approximate surface area is 154 Å². The van der Waals surface area contributed by atoms with Crippen molar-refractivity contribution in [1.82, 2.24) is 9.21 Å². The van der Waals surface area contributed by atoms with Crippen LogP contribution < -0.4 is 0 Å². The van der Waals surface area contributed by atoms with Gasteiger partial charge in [-0.25, -0.2) is 12.7 Å². The van der Waals surface area contributed by atoms with Crippen molar-refractivity contribution in [3.63, 3.8) is 0 Å². The van der Waals surface area contributed by atoms with Gasteiger partial charge in [0.05, 0.1) is 25.0 Å². The second kappa shape index (κ2) is 8.05. The predicted octanol–water partition coefficient (Wildman–Crippen LogP) is 2.48. The van der Waals surface area contributed by atoms with Crippen LogP contribution in [-0.2, 0) is 27.9 Å². The van der Waals surface area contributed by atoms with Gasteiger partial charge < -0.3 is 9.32 Å². The Morgan fingerprint density at radius 2 is 1.96 bits per heavy atom. The van der Waals surface area contributed by atoms with Crippen molar-refractivity contribution >= 4 is 15.9 Å². The first kappa shape index (κ1) is 18.7. The number of hydrogen-bond acceptors (Lipinski definition) is 4. The number of hydrogen-bond donors (Lipinski definition) is 0. The summed E-state index contributed by atoms with van der Waals surface area (Å²) in [6.45, 7) is 1.58. The third-order valence-corrected chi connectivity index (χ3v) is 5.93. The molecule has 140 valence electrons. The maximum absolute atomic E-state index is 13.2. The summed E-state index contributed by atoms with van der Waals surface area (Å²) in [5, 5.41) is 0. The number of carbonyl (C=O) groups is 1. The van der Waals surface area contributed by atoms with E-state index in [2.05, 4.69) is 0 Å². The zero-order chi connectivity index (χ0) is 18.6. The molecular formula is C19H24N2O4S. The summed E-state index contributed by atoms with van der Waals surface area (Å²) in [5.74, 6) is 0.362. The van der Waals surface area contributed by atoms with Crippen LogP contribution >= 0.6 is 0 Å². The van der Waals surface area contributed by atoms with Crippen LogP contribution in [0.2, 0.25) is 0 Å². The van der Waals surface area contributed by atoms with E-state index in [9.17, 15) is 13.2 Å². The smallest absolute Gasteiger partial charge is 0.227 e. The summed E-state index contributed by atoms with van der Waals surface area (Å²) >= 11 is 0. The van der Waals surface area contributed by atoms with Gasteiger partial charge in [0, 0.05) is 19.6 Å². The molecule has 1 saturated heterocycles. The van der Waals surface area contributed by atoms with E-state index >= 15 is 0 Å². The molecule has 0 N–H and O–H groups in total. The lowest BCUT2D eigenvalue weighted by molar-refractivity contribution is -0.138. The third-order valence-electron chi connectivity index (χ3n) is 4.66. The van der Waals surface area contributed by atoms with Crippen molar-refractivity contribution in [3.05, 3.63) is 60.1 Å². The summed E-state index contributed by atoms with van der Waals surface area (Å²) in [4.78, 5) is 14.9. The quantitative estimate of drug-likeness (QED) is 0.777. The number of rotatable bonds is 6. The number of benzene rings is 1. The first-order valence-corrected chi connectivity index (χ1v) is 10.6. The van der Waals surface area contributed by atoms with E-state index in [0.29, 0.717) is 38.2 Å². The highest BCUT2D eigenvalue weighted by atomic mass is 32.2. The average Bonchev–Trinajstić information content (AvgIpc) is 3.14. The van der Waals surface area contributed by atoms with Crippen molar-refractivity contribution in [2.24, 2.45) is 5.92 Å². The minimum absolute atomic E-state index is 0.0291. The zero-order valence-corrected chi connectivity index (χ0v) is 15.7. The van der Waals surface area contributed by atoms with E-state index in [1.807, 2.05) is 36.4 Å². The minimum Gasteiger partial charge on any atom is -0.467 e. The Balaban J connectivity index is 1.77. The number of carbonyl (C=O) groups excluding carboxylic acids is 1. The van der Waals surface area contributed by atoms with Gasteiger partial charge in [-0.2, -0.15) is 0 Å². The number of nitrogens with zero attached hydrogens (tertiary/aromatic N) is 2. The molecule has 0 spiro atoms. The molecule has 0 bridgehead atoms. The molecular weight excluding hydrogens is 352 g/mol. The molecule has 1 amide bonds. The van der Waals surface area contributed by atoms with Crippen LogP contribution in [0.5, 0.6) is 0 Å². The monoisotopic (exact) mass is 376 g/mol. The van der Waals surface area contributed by atoms with Crippen LogP contribution in [-0.4, -0.2) is 42.9 Å². The van der Waals surface area contributed by atoms with Gasteiger partial charge in [0.25, 0.3) is 0 Å². The second-order valence-corrected chi connectivity index (χ2v) is 8.70. The first-order valence-electron chi connectivity index (χ1n) is 8.73. The van der Waals surface area contributed by atoms with Crippen LogP contribution in [0.1, 0.15) is 24.2 Å². The molecule has 1 fully saturated rings. The van der Waals surface area contributed by atoms with E-state index in [1.165, 1.54) is 10.6 Å². The normalized spacial score (nSPS) is 18.6. The fraction of sp³-hybridized carbons (Fsp3) is 0.421. The number of sulfonamides is 1. The van der Waals surface area contributed by atoms with E-state index in [1.54, 1.807) is 17.2 Å². The molecule has 1 aliphatic rings. The van der Waals surface area contributed by atoms with Gasteiger partial charge in [-0.05, 0) is 30.5 Å². The Hall–Kier alpha value is -2.12. The number of piperidine rings is 1. The molecule has 1 aliphatic heterocycles. The van der Waals surface area contributed by atoms with Crippen LogP contribution in [0.15, 0.2) is 53.1 Å². The summed E-state index contributed by atoms with van der Waals surface area (Å²) in [7, 11) is -3.28. The maximum Gasteiger partial charge on any atom is 0.227 e. The maximum atomic E-state index is 13.2. The highest BCUT2D eigenvalue weighted by Crippen LogP contribution is 2.23. The summed E-state index contributed by atoms with van der Waals surface area (Å²) < 4.78 is 30.5. The molecule has 3 rings (SSSR count). The SMILES string of the molecule is CS(=O)(=O)N1CCCC(C(=O)N(Cc2ccccc2)Cc2ccco2)C1. The molecule has 6 nitrogen and oxygen atoms in total. The van der Waals surface area contributed by atoms with Crippen molar-refractivity contribution in [1.29, 1.82) is 0 Å². The molecule has 2 heterocycles. The molecule has 26 heavy (non-hydrogen) atoms. The Kier molecular flexibility index (Phi) is 5.78. The van der Waals surface area contributed by atoms with Gasteiger partial charge in [0.15, 0.2) is 0 Å². The summed E-state index contributed by atoms with van der Waals surface area (Å²) in [6.07, 6.45) is 4.19. The van der Waals surface area contributed by atoms with Crippen molar-refractivity contribution < 1.29 is 17.6 Å². The number of furan rings is 1. The fourth-order valence-corrected chi connectivity index (χ4v) is 4.22. The Bertz CT molecular complexity index is 818. The lowest BCUT2D eigenvalue weighted by atomic mass is 9.97. The standard InChI is InChI=1S/C19H24N2O4S/c1-26(23,24)21-11-5-9-17(14-21)19(22)20(15-18-10-6-12-25-18)13-16-7-3-2-4-8-16/h2-4,6-8,10,12,17H,5,9,11,13-15H2,1H3. The number of amides is 1. The van der Waals surface area contributed by atoms with Crippen LogP contribution in [0.4, 0.5) is 0 Å². The van der Waals surface area contributed by atoms with Gasteiger partial charge in [-0.3, -0.25) is 4.79 Å². The third kappa shape index (κ3) is 4.74. The molecule has 7 heteroatoms. The molecule has 1 atom stereocenters. The highest BCUT2D eigenvalue weighted by Gasteiger charge is 2.33. The van der Waals surface area contributed by atoms with Gasteiger partial charge in [-0.15, -0.1) is 0 Å². The van der Waals surface area contributed by atoms with E-state index in [4.69, 9.17) is 4.42 Å². The fourth-order valence-electron chi connectivity index (χ4n) is 3.31. The lowest BCUT2D eigenvalue weighted by Gasteiger charge is -2.33. The molecule has 2 aromatic rings. The second-order valence-electron chi connectivity index (χ2n) is 6.72. The molecule has 0 radical (unpaired) electrons. The zero-order valence-electron chi connectivity index (χ0n) is 14.9. The average molecular weight is 376 g/mol. The van der Waals surface area contributed by atoms with Crippen LogP contribution in [0.3, 0.4) is 0 Å². The lowest BCUT2D eigenvalue weighted by Crippen LogP contribution is -2.46. The first-order chi connectivity index (χ1) is 12.4. The summed E-state index contributed by atoms with van der Waals surface area (Å²) in [5.41, 5.74) is 1.03. The van der Waals surface area contributed by atoms with Crippen molar-refractivity contribution in [2.75, 3.05) is 19.3 Å². The van der Waals surface area contributed by atoms with Crippen LogP contribution in [0, 0.1) is 5.92 Å². The Morgan fingerprint density at radius 3 is 2.62 bits per heavy atom. The van der Waals surface area contributed by atoms with Crippen molar-refractivity contribution in [2.45, 2.75) is 25.9 Å². The van der Waals surface area contributed by atoms with Gasteiger partial charge >= 0.3 is 0 Å². The van der Waals surface area contributed by atoms with E-state index in [0.717, 1.165) is 5.56 Å². The highest BCUT2D eigenvalue weighted by molar-refractivity contribution is 7.88. The molecule has 1 unspecified atom stereocenters. The molecule has 1 aromatic heterocycles. The van der Waals surface area contributed by atoms with E-state index in [-0.39, 0.29) is 18.4 Å². The van der Waals surface area contributed by atoms with E-state index < -0.39 is 10.0 Å². The minimum atomic E-state index is -3.28. The Morgan fingerprint density at radius 1 is 1.19 bits per heavy atom. The predicted molar refractivity (Wildman–Crippen MR) is 98.5 cm³/mol. The van der Waals surface area contributed by atoms with Gasteiger partial charge in [0.1, 0.15) is 5.76 Å². The van der Waals surface area contributed by atoms with Crippen LogP contribution in [0.25, 0.3) is 0 Å². The molecule has 0 saturated carbocycles. The molecule has 1 aromatic carbocycles. The summed E-state index contributed by atoms with van der Waals surface area (Å²) in [6, 6.07) is 13.4. The van der Waals surface area contributed by atoms with Gasteiger partial charge in [0.2, 0.25) is 15.9 Å². The molecule has 0 aliphatic carbocycles. The largest absolute Gasteiger partial charge is 0.467 e. The van der Waals surface area contributed by atoms with Crippen molar-refractivity contribution in [3.8, 4) is 0 Å². The topological polar surface area (TPSA) is 70.8 Å².